The monoisotopic (exact) mass is 253 g/mol. The highest BCUT2D eigenvalue weighted by atomic mass is 32.1. The summed E-state index contributed by atoms with van der Waals surface area (Å²) in [7, 11) is 0. The minimum atomic E-state index is 0.371. The van der Waals surface area contributed by atoms with E-state index in [0.717, 1.165) is 22.3 Å². The third-order valence-corrected chi connectivity index (χ3v) is 4.27. The Kier molecular flexibility index (Phi) is 3.68. The molecule has 0 bridgehead atoms. The second-order valence-corrected chi connectivity index (χ2v) is 5.72. The number of aryl methyl sites for hydroxylation is 1. The minimum absolute atomic E-state index is 0.371. The summed E-state index contributed by atoms with van der Waals surface area (Å²) in [4.78, 5) is 10.1. The third kappa shape index (κ3) is 2.48. The van der Waals surface area contributed by atoms with Crippen molar-refractivity contribution in [3.05, 3.63) is 21.5 Å². The van der Waals surface area contributed by atoms with E-state index in [-0.39, 0.29) is 0 Å². The van der Waals surface area contributed by atoms with Crippen LogP contribution >= 0.6 is 22.7 Å². The van der Waals surface area contributed by atoms with Crippen molar-refractivity contribution in [2.45, 2.75) is 26.8 Å². The molecule has 1 N–H and O–H groups in total. The van der Waals surface area contributed by atoms with Gasteiger partial charge in [-0.15, -0.1) is 22.7 Å². The standard InChI is InChI=1S/C11H15N3S2/c1-4-12-7(2)10-5-13-11(16-10)9-6-15-8(3)14-9/h5-7,12H,4H2,1-3H3. The Balaban J connectivity index is 2.19. The molecule has 0 amide bonds. The van der Waals surface area contributed by atoms with Crippen LogP contribution < -0.4 is 5.32 Å². The number of nitrogens with one attached hydrogen (secondary N) is 1. The summed E-state index contributed by atoms with van der Waals surface area (Å²) in [6.45, 7) is 7.27. The van der Waals surface area contributed by atoms with Crippen molar-refractivity contribution in [1.82, 2.24) is 15.3 Å². The molecule has 0 saturated carbocycles. The molecule has 0 aromatic carbocycles. The average Bonchev–Trinajstić information content (AvgIpc) is 2.85. The lowest BCUT2D eigenvalue weighted by Gasteiger charge is -2.07. The molecule has 0 spiro atoms. The van der Waals surface area contributed by atoms with E-state index in [1.54, 1.807) is 22.7 Å². The maximum Gasteiger partial charge on any atom is 0.142 e. The van der Waals surface area contributed by atoms with Crippen LogP contribution in [0, 0.1) is 6.92 Å². The zero-order chi connectivity index (χ0) is 11.5. The number of rotatable bonds is 4. The summed E-state index contributed by atoms with van der Waals surface area (Å²) in [5.41, 5.74) is 1.00. The average molecular weight is 253 g/mol. The van der Waals surface area contributed by atoms with Gasteiger partial charge in [-0.05, 0) is 20.4 Å². The zero-order valence-corrected chi connectivity index (χ0v) is 11.3. The highest BCUT2D eigenvalue weighted by Gasteiger charge is 2.11. The lowest BCUT2D eigenvalue weighted by Crippen LogP contribution is -2.16. The molecule has 5 heteroatoms. The lowest BCUT2D eigenvalue weighted by molar-refractivity contribution is 0.606. The molecule has 2 aromatic rings. The van der Waals surface area contributed by atoms with Crippen LogP contribution in [0.25, 0.3) is 10.7 Å². The van der Waals surface area contributed by atoms with E-state index in [1.807, 2.05) is 13.1 Å². The van der Waals surface area contributed by atoms with Gasteiger partial charge in [0.05, 0.1) is 5.01 Å². The largest absolute Gasteiger partial charge is 0.310 e. The number of thiazole rings is 2. The molecular formula is C11H15N3S2. The van der Waals surface area contributed by atoms with Gasteiger partial charge in [0.15, 0.2) is 0 Å². The van der Waals surface area contributed by atoms with Crippen LogP contribution in [0.1, 0.15) is 29.8 Å². The molecule has 3 nitrogen and oxygen atoms in total. The topological polar surface area (TPSA) is 37.8 Å². The van der Waals surface area contributed by atoms with E-state index in [9.17, 15) is 0 Å². The van der Waals surface area contributed by atoms with Crippen LogP contribution in [0.15, 0.2) is 11.6 Å². The molecular weight excluding hydrogens is 238 g/mol. The first-order valence-electron chi connectivity index (χ1n) is 5.32. The van der Waals surface area contributed by atoms with Gasteiger partial charge in [0, 0.05) is 22.5 Å². The van der Waals surface area contributed by atoms with Crippen LogP contribution in [-0.4, -0.2) is 16.5 Å². The van der Waals surface area contributed by atoms with Gasteiger partial charge >= 0.3 is 0 Å². The first kappa shape index (κ1) is 11.7. The molecule has 86 valence electrons. The minimum Gasteiger partial charge on any atom is -0.310 e. The molecule has 0 aliphatic carbocycles. The smallest absolute Gasteiger partial charge is 0.142 e. The Morgan fingerprint density at radius 2 is 2.31 bits per heavy atom. The molecule has 0 saturated heterocycles. The van der Waals surface area contributed by atoms with Gasteiger partial charge in [0.2, 0.25) is 0 Å². The van der Waals surface area contributed by atoms with Crippen LogP contribution in [0.5, 0.6) is 0 Å². The molecule has 2 rings (SSSR count). The van der Waals surface area contributed by atoms with Crippen molar-refractivity contribution in [2.75, 3.05) is 6.54 Å². The van der Waals surface area contributed by atoms with E-state index in [2.05, 4.69) is 34.5 Å². The molecule has 1 atom stereocenters. The predicted octanol–water partition coefficient (Wildman–Crippen LogP) is 3.25. The molecule has 2 heterocycles. The molecule has 2 aromatic heterocycles. The van der Waals surface area contributed by atoms with Gasteiger partial charge in [0.25, 0.3) is 0 Å². The molecule has 0 aliphatic heterocycles. The Morgan fingerprint density at radius 3 is 2.94 bits per heavy atom. The van der Waals surface area contributed by atoms with Gasteiger partial charge < -0.3 is 5.32 Å². The fourth-order valence-electron chi connectivity index (χ4n) is 1.47. The molecule has 16 heavy (non-hydrogen) atoms. The van der Waals surface area contributed by atoms with E-state index >= 15 is 0 Å². The quantitative estimate of drug-likeness (QED) is 0.909. The van der Waals surface area contributed by atoms with E-state index in [1.165, 1.54) is 4.88 Å². The lowest BCUT2D eigenvalue weighted by atomic mass is 10.3. The van der Waals surface area contributed by atoms with Crippen molar-refractivity contribution >= 4 is 22.7 Å². The van der Waals surface area contributed by atoms with E-state index in [0.29, 0.717) is 6.04 Å². The third-order valence-electron chi connectivity index (χ3n) is 2.30. The summed E-state index contributed by atoms with van der Waals surface area (Å²) in [6, 6.07) is 0.371. The second-order valence-electron chi connectivity index (χ2n) is 3.60. The molecule has 0 radical (unpaired) electrons. The van der Waals surface area contributed by atoms with Gasteiger partial charge in [-0.1, -0.05) is 6.92 Å². The van der Waals surface area contributed by atoms with Gasteiger partial charge in [-0.25, -0.2) is 9.97 Å². The Hall–Kier alpha value is -0.780. The highest BCUT2D eigenvalue weighted by Crippen LogP contribution is 2.29. The highest BCUT2D eigenvalue weighted by molar-refractivity contribution is 7.15. The van der Waals surface area contributed by atoms with Gasteiger partial charge in [-0.3, -0.25) is 0 Å². The SMILES string of the molecule is CCNC(C)c1cnc(-c2csc(C)n2)s1. The van der Waals surface area contributed by atoms with Crippen molar-refractivity contribution < 1.29 is 0 Å². The fourth-order valence-corrected chi connectivity index (χ4v) is 3.05. The fraction of sp³-hybridized carbons (Fsp3) is 0.455. The van der Waals surface area contributed by atoms with Crippen LogP contribution in [-0.2, 0) is 0 Å². The molecule has 0 fully saturated rings. The predicted molar refractivity (Wildman–Crippen MR) is 70.1 cm³/mol. The number of hydrogen-bond acceptors (Lipinski definition) is 5. The van der Waals surface area contributed by atoms with Crippen molar-refractivity contribution in [1.29, 1.82) is 0 Å². The van der Waals surface area contributed by atoms with Crippen LogP contribution in [0.3, 0.4) is 0 Å². The summed E-state index contributed by atoms with van der Waals surface area (Å²) in [5, 5.41) is 7.56. The first-order valence-corrected chi connectivity index (χ1v) is 7.02. The Bertz CT molecular complexity index is 461. The van der Waals surface area contributed by atoms with E-state index < -0.39 is 0 Å². The van der Waals surface area contributed by atoms with Gasteiger partial charge in [0.1, 0.15) is 10.7 Å². The first-order chi connectivity index (χ1) is 7.70. The Labute approximate surface area is 104 Å². The number of aromatic nitrogens is 2. The van der Waals surface area contributed by atoms with Crippen LogP contribution in [0.4, 0.5) is 0 Å². The van der Waals surface area contributed by atoms with E-state index in [4.69, 9.17) is 0 Å². The molecule has 1 unspecified atom stereocenters. The summed E-state index contributed by atoms with van der Waals surface area (Å²) < 4.78 is 0. The van der Waals surface area contributed by atoms with Crippen molar-refractivity contribution in [3.63, 3.8) is 0 Å². The van der Waals surface area contributed by atoms with Crippen molar-refractivity contribution in [3.8, 4) is 10.7 Å². The zero-order valence-electron chi connectivity index (χ0n) is 9.65. The normalized spacial score (nSPS) is 12.9. The van der Waals surface area contributed by atoms with Crippen molar-refractivity contribution in [2.24, 2.45) is 0 Å². The molecule has 0 aliphatic rings. The van der Waals surface area contributed by atoms with Crippen LogP contribution in [0.2, 0.25) is 0 Å². The summed E-state index contributed by atoms with van der Waals surface area (Å²) in [6.07, 6.45) is 1.95. The van der Waals surface area contributed by atoms with Gasteiger partial charge in [-0.2, -0.15) is 0 Å². The summed E-state index contributed by atoms with van der Waals surface area (Å²) in [5.74, 6) is 0. The maximum atomic E-state index is 4.45. The summed E-state index contributed by atoms with van der Waals surface area (Å²) >= 11 is 3.39. The second kappa shape index (κ2) is 5.03. The Morgan fingerprint density at radius 1 is 1.50 bits per heavy atom. The number of hydrogen-bond donors (Lipinski definition) is 1. The number of nitrogens with zero attached hydrogens (tertiary/aromatic N) is 2. The maximum absolute atomic E-state index is 4.45.